The first-order chi connectivity index (χ1) is 15.3. The molecular weight excluding hydrogens is 439 g/mol. The number of benzene rings is 1. The van der Waals surface area contributed by atoms with E-state index < -0.39 is 0 Å². The summed E-state index contributed by atoms with van der Waals surface area (Å²) in [4.78, 5) is 0. The molecule has 0 spiro atoms. The molecule has 32 heavy (non-hydrogen) atoms. The van der Waals surface area contributed by atoms with Gasteiger partial charge in [0.25, 0.3) is 0 Å². The molecule has 2 atom stereocenters. The molecule has 186 valence electrons. The standard InChI is InChI=1S/C28H48Cl2O2/c1-21(2)9-7-11-23(5)15-17-31-27-13-14-28(26(20-30)25(27)19-29)32-18-16-24(6)12-8-10-22(3)4/h13-14,21-24H,7-12,15-20H2,1-6H3. The van der Waals surface area contributed by atoms with E-state index in [1.54, 1.807) is 0 Å². The van der Waals surface area contributed by atoms with E-state index in [-0.39, 0.29) is 0 Å². The third-order valence-corrected chi connectivity index (χ3v) is 6.84. The van der Waals surface area contributed by atoms with Gasteiger partial charge in [-0.15, -0.1) is 23.2 Å². The predicted octanol–water partition coefficient (Wildman–Crippen LogP) is 9.63. The molecule has 0 radical (unpaired) electrons. The van der Waals surface area contributed by atoms with E-state index in [2.05, 4.69) is 41.5 Å². The second kappa shape index (κ2) is 16.9. The Morgan fingerprint density at radius 2 is 0.969 bits per heavy atom. The molecule has 0 saturated carbocycles. The third-order valence-electron chi connectivity index (χ3n) is 6.31. The second-order valence-electron chi connectivity index (χ2n) is 10.4. The molecular formula is C28H48Cl2O2. The number of halogens is 2. The van der Waals surface area contributed by atoms with Gasteiger partial charge in [0.2, 0.25) is 0 Å². The molecule has 0 fully saturated rings. The largest absolute Gasteiger partial charge is 0.493 e. The van der Waals surface area contributed by atoms with Gasteiger partial charge < -0.3 is 9.47 Å². The maximum Gasteiger partial charge on any atom is 0.124 e. The number of alkyl halides is 2. The van der Waals surface area contributed by atoms with E-state index in [0.29, 0.717) is 36.8 Å². The molecule has 1 aromatic rings. The summed E-state index contributed by atoms with van der Waals surface area (Å²) in [5, 5.41) is 0. The Balaban J connectivity index is 2.55. The van der Waals surface area contributed by atoms with Crippen LogP contribution in [0.5, 0.6) is 11.5 Å². The Morgan fingerprint density at radius 1 is 0.594 bits per heavy atom. The fraction of sp³-hybridized carbons (Fsp3) is 0.786. The van der Waals surface area contributed by atoms with Gasteiger partial charge in [-0.25, -0.2) is 0 Å². The van der Waals surface area contributed by atoms with E-state index in [9.17, 15) is 0 Å². The fourth-order valence-corrected chi connectivity index (χ4v) is 4.58. The highest BCUT2D eigenvalue weighted by atomic mass is 35.5. The Kier molecular flexibility index (Phi) is 15.6. The van der Waals surface area contributed by atoms with Crippen molar-refractivity contribution in [3.63, 3.8) is 0 Å². The molecule has 0 saturated heterocycles. The summed E-state index contributed by atoms with van der Waals surface area (Å²) >= 11 is 12.6. The molecule has 0 aliphatic heterocycles. The Hall–Kier alpha value is -0.600. The van der Waals surface area contributed by atoms with Gasteiger partial charge in [0, 0.05) is 11.1 Å². The molecule has 2 unspecified atom stereocenters. The zero-order valence-electron chi connectivity index (χ0n) is 21.5. The van der Waals surface area contributed by atoms with Crippen LogP contribution in [0.4, 0.5) is 0 Å². The molecule has 4 heteroatoms. The normalized spacial score (nSPS) is 13.6. The molecule has 1 aromatic carbocycles. The van der Waals surface area contributed by atoms with Gasteiger partial charge in [-0.3, -0.25) is 0 Å². The van der Waals surface area contributed by atoms with Crippen molar-refractivity contribution in [2.24, 2.45) is 23.7 Å². The van der Waals surface area contributed by atoms with Crippen molar-refractivity contribution in [3.8, 4) is 11.5 Å². The summed E-state index contributed by atoms with van der Waals surface area (Å²) < 4.78 is 12.3. The molecule has 0 amide bonds. The molecule has 0 aliphatic carbocycles. The van der Waals surface area contributed by atoms with E-state index in [1.807, 2.05) is 12.1 Å². The first-order valence-corrected chi connectivity index (χ1v) is 13.9. The molecule has 2 nitrogen and oxygen atoms in total. The Morgan fingerprint density at radius 3 is 1.28 bits per heavy atom. The van der Waals surface area contributed by atoms with Crippen LogP contribution in [-0.2, 0) is 11.8 Å². The van der Waals surface area contributed by atoms with Crippen LogP contribution in [0.3, 0.4) is 0 Å². The first kappa shape index (κ1) is 29.4. The minimum absolute atomic E-state index is 0.379. The van der Waals surface area contributed by atoms with Crippen LogP contribution in [0.25, 0.3) is 0 Å². The predicted molar refractivity (Wildman–Crippen MR) is 141 cm³/mol. The lowest BCUT2D eigenvalue weighted by Gasteiger charge is -2.19. The maximum absolute atomic E-state index is 6.30. The van der Waals surface area contributed by atoms with Crippen LogP contribution in [0.1, 0.15) is 104 Å². The van der Waals surface area contributed by atoms with E-state index >= 15 is 0 Å². The molecule has 1 rings (SSSR count). The topological polar surface area (TPSA) is 18.5 Å². The lowest BCUT2D eigenvalue weighted by atomic mass is 9.97. The minimum Gasteiger partial charge on any atom is -0.493 e. The lowest BCUT2D eigenvalue weighted by molar-refractivity contribution is 0.266. The van der Waals surface area contributed by atoms with Gasteiger partial charge >= 0.3 is 0 Å². The quantitative estimate of drug-likeness (QED) is 0.192. The highest BCUT2D eigenvalue weighted by Gasteiger charge is 2.15. The summed E-state index contributed by atoms with van der Waals surface area (Å²) in [6, 6.07) is 4.00. The van der Waals surface area contributed by atoms with Crippen LogP contribution in [0, 0.1) is 23.7 Å². The van der Waals surface area contributed by atoms with Crippen LogP contribution in [0.15, 0.2) is 12.1 Å². The molecule has 0 aliphatic rings. The maximum atomic E-state index is 6.30. The highest BCUT2D eigenvalue weighted by molar-refractivity contribution is 6.19. The SMILES string of the molecule is CC(C)CCCC(C)CCOc1ccc(OCCC(C)CCCC(C)C)c(CCl)c1CCl. The minimum atomic E-state index is 0.379. The lowest BCUT2D eigenvalue weighted by Crippen LogP contribution is -2.09. The van der Waals surface area contributed by atoms with Gasteiger partial charge in [0.1, 0.15) is 11.5 Å². The van der Waals surface area contributed by atoms with Gasteiger partial charge in [-0.1, -0.05) is 80.1 Å². The first-order valence-electron chi connectivity index (χ1n) is 12.8. The Labute approximate surface area is 208 Å². The fourth-order valence-electron chi connectivity index (χ4n) is 3.99. The average Bonchev–Trinajstić information content (AvgIpc) is 2.73. The third kappa shape index (κ3) is 12.0. The van der Waals surface area contributed by atoms with E-state index in [0.717, 1.165) is 47.3 Å². The van der Waals surface area contributed by atoms with Crippen LogP contribution < -0.4 is 9.47 Å². The van der Waals surface area contributed by atoms with Crippen LogP contribution in [0.2, 0.25) is 0 Å². The van der Waals surface area contributed by atoms with Gasteiger partial charge in [0.05, 0.1) is 25.0 Å². The van der Waals surface area contributed by atoms with Crippen molar-refractivity contribution in [2.45, 2.75) is 105 Å². The summed E-state index contributed by atoms with van der Waals surface area (Å²) in [6.45, 7) is 15.2. The number of hydrogen-bond donors (Lipinski definition) is 0. The van der Waals surface area contributed by atoms with Crippen LogP contribution >= 0.6 is 23.2 Å². The number of ether oxygens (including phenoxy) is 2. The zero-order chi connectivity index (χ0) is 23.9. The number of hydrogen-bond acceptors (Lipinski definition) is 2. The molecule has 0 aromatic heterocycles. The van der Waals surface area contributed by atoms with Crippen molar-refractivity contribution >= 4 is 23.2 Å². The van der Waals surface area contributed by atoms with Crippen molar-refractivity contribution in [1.29, 1.82) is 0 Å². The van der Waals surface area contributed by atoms with Crippen molar-refractivity contribution in [3.05, 3.63) is 23.3 Å². The van der Waals surface area contributed by atoms with E-state index in [1.165, 1.54) is 38.5 Å². The Bertz CT molecular complexity index is 563. The zero-order valence-corrected chi connectivity index (χ0v) is 23.0. The van der Waals surface area contributed by atoms with Crippen molar-refractivity contribution in [2.75, 3.05) is 13.2 Å². The number of rotatable bonds is 18. The van der Waals surface area contributed by atoms with Crippen molar-refractivity contribution in [1.82, 2.24) is 0 Å². The second-order valence-corrected chi connectivity index (χ2v) is 11.0. The average molecular weight is 488 g/mol. The molecule has 0 heterocycles. The van der Waals surface area contributed by atoms with Crippen molar-refractivity contribution < 1.29 is 9.47 Å². The summed E-state index contributed by atoms with van der Waals surface area (Å²) in [6.07, 6.45) is 9.85. The van der Waals surface area contributed by atoms with E-state index in [4.69, 9.17) is 32.7 Å². The van der Waals surface area contributed by atoms with Gasteiger partial charge in [-0.05, 0) is 48.6 Å². The molecule has 0 N–H and O–H groups in total. The van der Waals surface area contributed by atoms with Gasteiger partial charge in [0.15, 0.2) is 0 Å². The highest BCUT2D eigenvalue weighted by Crippen LogP contribution is 2.34. The smallest absolute Gasteiger partial charge is 0.124 e. The summed E-state index contributed by atoms with van der Waals surface area (Å²) in [7, 11) is 0. The van der Waals surface area contributed by atoms with Gasteiger partial charge in [-0.2, -0.15) is 0 Å². The molecule has 0 bridgehead atoms. The summed E-state index contributed by atoms with van der Waals surface area (Å²) in [5.74, 6) is 5.37. The van der Waals surface area contributed by atoms with Crippen LogP contribution in [-0.4, -0.2) is 13.2 Å². The summed E-state index contributed by atoms with van der Waals surface area (Å²) in [5.41, 5.74) is 1.94. The monoisotopic (exact) mass is 486 g/mol.